The van der Waals surface area contributed by atoms with E-state index in [2.05, 4.69) is 67.8 Å². The van der Waals surface area contributed by atoms with Crippen LogP contribution in [-0.2, 0) is 14.3 Å². The molecule has 0 aromatic rings. The van der Waals surface area contributed by atoms with E-state index in [1.54, 1.807) is 0 Å². The number of unbranched alkanes of at least 4 members (excludes halogenated alkanes) is 41. The topological polar surface area (TPSA) is 189 Å². The Kier molecular flexibility index (Phi) is 56.6. The van der Waals surface area contributed by atoms with Gasteiger partial charge in [0.2, 0.25) is 5.91 Å². The molecule has 0 aliphatic carbocycles. The van der Waals surface area contributed by atoms with E-state index in [4.69, 9.17) is 9.47 Å². The maximum atomic E-state index is 13.2. The largest absolute Gasteiger partial charge is 0.394 e. The van der Waals surface area contributed by atoms with E-state index in [0.717, 1.165) is 44.9 Å². The molecule has 11 heteroatoms. The highest BCUT2D eigenvalue weighted by Gasteiger charge is 2.44. The Morgan fingerprint density at radius 2 is 0.732 bits per heavy atom. The molecule has 1 fully saturated rings. The quantitative estimate of drug-likeness (QED) is 0.0215. The summed E-state index contributed by atoms with van der Waals surface area (Å²) < 4.78 is 11.2. The van der Waals surface area contributed by atoms with E-state index in [1.165, 1.54) is 238 Å². The third-order valence-electron chi connectivity index (χ3n) is 16.8. The molecule has 1 aliphatic rings. The molecule has 9 unspecified atom stereocenters. The van der Waals surface area contributed by atoms with Gasteiger partial charge in [-0.15, -0.1) is 0 Å². The zero-order chi connectivity index (χ0) is 59.6. The molecule has 1 saturated heterocycles. The maximum Gasteiger partial charge on any atom is 0.249 e. The van der Waals surface area contributed by atoms with Crippen LogP contribution in [0.15, 0.2) is 48.6 Å². The van der Waals surface area contributed by atoms with Crippen molar-refractivity contribution in [2.75, 3.05) is 13.2 Å². The van der Waals surface area contributed by atoms with E-state index in [-0.39, 0.29) is 12.8 Å². The fourth-order valence-electron chi connectivity index (χ4n) is 11.2. The molecular weight excluding hydrogens is 1030 g/mol. The lowest BCUT2D eigenvalue weighted by atomic mass is 9.98. The van der Waals surface area contributed by atoms with Crippen molar-refractivity contribution >= 4 is 5.91 Å². The second-order valence-electron chi connectivity index (χ2n) is 24.6. The summed E-state index contributed by atoms with van der Waals surface area (Å²) in [5.74, 6) is -0.710. The van der Waals surface area contributed by atoms with Crippen molar-refractivity contribution in [1.29, 1.82) is 0 Å². The van der Waals surface area contributed by atoms with Gasteiger partial charge >= 0.3 is 0 Å². The number of ether oxygens (including phenoxy) is 2. The molecule has 11 nitrogen and oxygen atoms in total. The molecule has 0 aromatic carbocycles. The molecule has 0 saturated carbocycles. The third kappa shape index (κ3) is 46.3. The minimum atomic E-state index is -1.68. The predicted molar refractivity (Wildman–Crippen MR) is 344 cm³/mol. The number of carbonyl (C=O) groups is 1. The Labute approximate surface area is 504 Å². The summed E-state index contributed by atoms with van der Waals surface area (Å²) in [6, 6.07) is -1.20. The summed E-state index contributed by atoms with van der Waals surface area (Å²) in [4.78, 5) is 13.2. The van der Waals surface area contributed by atoms with Gasteiger partial charge in [0.1, 0.15) is 36.6 Å². The molecular formula is C71H133NO10. The Balaban J connectivity index is 2.25. The van der Waals surface area contributed by atoms with Crippen molar-refractivity contribution in [3.8, 4) is 0 Å². The molecule has 1 heterocycles. The SMILES string of the molecule is CCCCCCCCCCCCCC/C=C\CCCCCCCCCCCCCC(O)C(=O)NC(COC1OC(CO)C(O)C(O)C1O)C(O)C(O)CCC/C=C/CC/C=C/CC/C=C/CCCCCCCCCCCCCCCCC. The summed E-state index contributed by atoms with van der Waals surface area (Å²) in [7, 11) is 0. The first-order valence-corrected chi connectivity index (χ1v) is 35.0. The highest BCUT2D eigenvalue weighted by Crippen LogP contribution is 2.24. The van der Waals surface area contributed by atoms with Gasteiger partial charge in [-0.3, -0.25) is 4.79 Å². The minimum Gasteiger partial charge on any atom is -0.394 e. The van der Waals surface area contributed by atoms with E-state index in [0.29, 0.717) is 19.3 Å². The second-order valence-corrected chi connectivity index (χ2v) is 24.6. The Morgan fingerprint density at radius 3 is 1.09 bits per heavy atom. The monoisotopic (exact) mass is 1160 g/mol. The van der Waals surface area contributed by atoms with Gasteiger partial charge in [-0.25, -0.2) is 0 Å². The molecule has 1 aliphatic heterocycles. The normalized spacial score (nSPS) is 19.4. The minimum absolute atomic E-state index is 0.241. The van der Waals surface area contributed by atoms with Gasteiger partial charge in [-0.1, -0.05) is 287 Å². The van der Waals surface area contributed by atoms with Gasteiger partial charge in [0.15, 0.2) is 6.29 Å². The first kappa shape index (κ1) is 78.1. The number of rotatable bonds is 61. The van der Waals surface area contributed by atoms with Crippen molar-refractivity contribution in [3.05, 3.63) is 48.6 Å². The first-order chi connectivity index (χ1) is 40.2. The van der Waals surface area contributed by atoms with Gasteiger partial charge in [0.25, 0.3) is 0 Å². The highest BCUT2D eigenvalue weighted by atomic mass is 16.7. The molecule has 8 N–H and O–H groups in total. The summed E-state index contributed by atoms with van der Waals surface area (Å²) in [5.41, 5.74) is 0. The van der Waals surface area contributed by atoms with Crippen LogP contribution >= 0.6 is 0 Å². The summed E-state index contributed by atoms with van der Waals surface area (Å²) >= 11 is 0. The number of hydrogen-bond donors (Lipinski definition) is 8. The summed E-state index contributed by atoms with van der Waals surface area (Å²) in [5, 5.41) is 76.4. The second kappa shape index (κ2) is 59.4. The molecule has 1 rings (SSSR count). The van der Waals surface area contributed by atoms with Crippen LogP contribution in [-0.4, -0.2) is 110 Å². The predicted octanol–water partition coefficient (Wildman–Crippen LogP) is 16.7. The summed E-state index contributed by atoms with van der Waals surface area (Å²) in [6.45, 7) is 3.48. The van der Waals surface area contributed by atoms with Crippen molar-refractivity contribution in [3.63, 3.8) is 0 Å². The molecule has 0 bridgehead atoms. The lowest BCUT2D eigenvalue weighted by Crippen LogP contribution is -2.60. The van der Waals surface area contributed by atoms with Crippen LogP contribution < -0.4 is 5.32 Å². The average molecular weight is 1160 g/mol. The highest BCUT2D eigenvalue weighted by molar-refractivity contribution is 5.80. The van der Waals surface area contributed by atoms with Crippen LogP contribution in [0.25, 0.3) is 0 Å². The Morgan fingerprint density at radius 1 is 0.415 bits per heavy atom. The van der Waals surface area contributed by atoms with Gasteiger partial charge in [0, 0.05) is 0 Å². The maximum absolute atomic E-state index is 13.2. The molecule has 1 amide bonds. The molecule has 0 spiro atoms. The van der Waals surface area contributed by atoms with Crippen LogP contribution in [0.1, 0.15) is 328 Å². The van der Waals surface area contributed by atoms with E-state index in [9.17, 15) is 40.5 Å². The third-order valence-corrected chi connectivity index (χ3v) is 16.8. The number of carbonyl (C=O) groups excluding carboxylic acids is 1. The first-order valence-electron chi connectivity index (χ1n) is 35.0. The van der Waals surface area contributed by atoms with Gasteiger partial charge < -0.3 is 50.5 Å². The van der Waals surface area contributed by atoms with Crippen molar-refractivity contribution < 1.29 is 50.0 Å². The van der Waals surface area contributed by atoms with Gasteiger partial charge in [-0.2, -0.15) is 0 Å². The van der Waals surface area contributed by atoms with Crippen LogP contribution in [0.2, 0.25) is 0 Å². The Bertz CT molecular complexity index is 1470. The smallest absolute Gasteiger partial charge is 0.249 e. The fraction of sp³-hybridized carbons (Fsp3) is 0.873. The number of aliphatic hydroxyl groups is 7. The number of allylic oxidation sites excluding steroid dienone is 8. The fourth-order valence-corrected chi connectivity index (χ4v) is 11.2. The molecule has 0 radical (unpaired) electrons. The Hall–Kier alpha value is -1.93. The number of hydrogen-bond acceptors (Lipinski definition) is 10. The van der Waals surface area contributed by atoms with Gasteiger partial charge in [0.05, 0.1) is 25.4 Å². The number of amides is 1. The van der Waals surface area contributed by atoms with E-state index in [1.807, 2.05) is 0 Å². The lowest BCUT2D eigenvalue weighted by Gasteiger charge is -2.40. The molecule has 482 valence electrons. The van der Waals surface area contributed by atoms with Crippen LogP contribution in [0.4, 0.5) is 0 Å². The van der Waals surface area contributed by atoms with Crippen molar-refractivity contribution in [2.45, 2.75) is 384 Å². The molecule has 9 atom stereocenters. The molecule has 82 heavy (non-hydrogen) atoms. The van der Waals surface area contributed by atoms with E-state index < -0.39 is 74.2 Å². The van der Waals surface area contributed by atoms with Crippen molar-refractivity contribution in [1.82, 2.24) is 5.32 Å². The average Bonchev–Trinajstić information content (AvgIpc) is 3.53. The summed E-state index contributed by atoms with van der Waals surface area (Å²) in [6.07, 6.45) is 66.2. The van der Waals surface area contributed by atoms with Crippen molar-refractivity contribution in [2.24, 2.45) is 0 Å². The standard InChI is InChI=1S/C71H133NO10/c1-3-5-7-9-11-13-15-17-19-21-23-25-27-29-31-33-34-36-38-40-42-44-46-48-50-52-54-56-58-63(74)66(76)62(61-81-71-69(79)68(78)67(77)65(60-73)82-71)72-70(80)64(75)59-57-55-53-51-49-47-45-43-41-39-37-35-32-30-28-26-24-22-20-18-16-14-12-10-8-6-4-2/h30,32,34,36,42,44,50,52,62-69,71,73-79H,3-29,31,33,35,37-41,43,45-49,51,53-61H2,1-2H3,(H,72,80)/b32-30-,36-34+,44-42+,52-50+. The van der Waals surface area contributed by atoms with E-state index >= 15 is 0 Å². The van der Waals surface area contributed by atoms with Gasteiger partial charge in [-0.05, 0) is 89.9 Å². The zero-order valence-electron chi connectivity index (χ0n) is 53.2. The zero-order valence-corrected chi connectivity index (χ0v) is 53.2. The lowest BCUT2D eigenvalue weighted by molar-refractivity contribution is -0.303. The molecule has 0 aromatic heterocycles. The van der Waals surface area contributed by atoms with Crippen LogP contribution in [0, 0.1) is 0 Å². The van der Waals surface area contributed by atoms with Crippen LogP contribution in [0.5, 0.6) is 0 Å². The number of nitrogens with one attached hydrogen (secondary N) is 1. The van der Waals surface area contributed by atoms with Crippen LogP contribution in [0.3, 0.4) is 0 Å². The number of aliphatic hydroxyl groups excluding tert-OH is 7.